The third-order valence-corrected chi connectivity index (χ3v) is 5.55. The molecule has 33 heavy (non-hydrogen) atoms. The first kappa shape index (κ1) is 22.5. The molecule has 0 radical (unpaired) electrons. The lowest BCUT2D eigenvalue weighted by Gasteiger charge is -2.25. The van der Waals surface area contributed by atoms with E-state index in [0.717, 1.165) is 23.2 Å². The third kappa shape index (κ3) is 4.74. The molecule has 1 fully saturated rings. The number of pyridine rings is 2. The van der Waals surface area contributed by atoms with E-state index in [4.69, 9.17) is 0 Å². The lowest BCUT2D eigenvalue weighted by molar-refractivity contribution is -0.141. The minimum atomic E-state index is -4.56. The van der Waals surface area contributed by atoms with Gasteiger partial charge in [0.2, 0.25) is 5.91 Å². The maximum atomic E-state index is 13.1. The Bertz CT molecular complexity index is 1180. The van der Waals surface area contributed by atoms with E-state index in [0.29, 0.717) is 5.69 Å². The van der Waals surface area contributed by atoms with E-state index in [1.807, 2.05) is 38.1 Å². The highest BCUT2D eigenvalue weighted by molar-refractivity contribution is 6.00. The molecule has 3 amide bonds. The van der Waals surface area contributed by atoms with Gasteiger partial charge in [-0.2, -0.15) is 13.2 Å². The number of para-hydroxylation sites is 1. The second-order valence-electron chi connectivity index (χ2n) is 8.20. The lowest BCUT2D eigenvalue weighted by atomic mass is 10.0. The van der Waals surface area contributed by atoms with Crippen molar-refractivity contribution in [3.8, 4) is 0 Å². The Morgan fingerprint density at radius 3 is 2.58 bits per heavy atom. The van der Waals surface area contributed by atoms with Gasteiger partial charge in [0.15, 0.2) is 0 Å². The van der Waals surface area contributed by atoms with Crippen LogP contribution in [-0.4, -0.2) is 45.9 Å². The smallest absolute Gasteiger partial charge is 0.323 e. The van der Waals surface area contributed by atoms with Crippen molar-refractivity contribution in [3.63, 3.8) is 0 Å². The number of aromatic nitrogens is 2. The number of carbonyl (C=O) groups is 2. The molecule has 1 saturated heterocycles. The number of nitrogens with one attached hydrogen (secondary N) is 1. The Labute approximate surface area is 188 Å². The van der Waals surface area contributed by atoms with Crippen molar-refractivity contribution in [2.45, 2.75) is 26.1 Å². The summed E-state index contributed by atoms with van der Waals surface area (Å²) in [5.74, 6) is -0.366. The SMILES string of the molecule is CC(C)[C@H]1CN(c2ccc(C(F)(F)F)nc2)C(=O)N1CC(=O)Nc1cnc2ccccc2c1. The summed E-state index contributed by atoms with van der Waals surface area (Å²) < 4.78 is 38.4. The summed E-state index contributed by atoms with van der Waals surface area (Å²) in [6.45, 7) is 3.89. The first-order valence-corrected chi connectivity index (χ1v) is 10.4. The van der Waals surface area contributed by atoms with Gasteiger partial charge in [0.25, 0.3) is 0 Å². The standard InChI is InChI=1S/C23H22F3N5O2/c1-14(2)19-12-30(17-7-8-20(28-11-17)23(24,25)26)22(33)31(19)13-21(32)29-16-9-15-5-3-4-6-18(15)27-10-16/h3-11,14,19H,12-13H2,1-2H3,(H,29,32)/t19-/m1/s1. The minimum absolute atomic E-state index is 0.0245. The van der Waals surface area contributed by atoms with Crippen molar-refractivity contribution in [3.05, 3.63) is 60.6 Å². The molecule has 0 bridgehead atoms. The fourth-order valence-electron chi connectivity index (χ4n) is 3.84. The number of hydrogen-bond donors (Lipinski definition) is 1. The van der Waals surface area contributed by atoms with Gasteiger partial charge in [-0.1, -0.05) is 32.0 Å². The molecule has 1 N–H and O–H groups in total. The zero-order valence-electron chi connectivity index (χ0n) is 18.0. The quantitative estimate of drug-likeness (QED) is 0.610. The molecule has 0 aliphatic carbocycles. The van der Waals surface area contributed by atoms with Gasteiger partial charge in [-0.25, -0.2) is 9.78 Å². The summed E-state index contributed by atoms with van der Waals surface area (Å²) in [6, 6.07) is 10.6. The van der Waals surface area contributed by atoms with Crippen molar-refractivity contribution >= 4 is 34.2 Å². The molecule has 0 unspecified atom stereocenters. The van der Waals surface area contributed by atoms with Crippen molar-refractivity contribution in [1.29, 1.82) is 0 Å². The third-order valence-electron chi connectivity index (χ3n) is 5.55. The van der Waals surface area contributed by atoms with Crippen LogP contribution in [0.4, 0.5) is 29.3 Å². The van der Waals surface area contributed by atoms with Crippen molar-refractivity contribution in [1.82, 2.24) is 14.9 Å². The number of anilines is 2. The van der Waals surface area contributed by atoms with Crippen LogP contribution in [0.15, 0.2) is 54.9 Å². The first-order chi connectivity index (χ1) is 15.6. The number of urea groups is 1. The second kappa shape index (κ2) is 8.68. The number of fused-ring (bicyclic) bond motifs is 1. The average molecular weight is 457 g/mol. The molecule has 3 aromatic rings. The maximum absolute atomic E-state index is 13.1. The number of nitrogens with zero attached hydrogens (tertiary/aromatic N) is 4. The van der Waals surface area contributed by atoms with Crippen LogP contribution in [0.5, 0.6) is 0 Å². The van der Waals surface area contributed by atoms with E-state index in [1.54, 1.807) is 12.3 Å². The zero-order valence-corrected chi connectivity index (χ0v) is 18.0. The highest BCUT2D eigenvalue weighted by Crippen LogP contribution is 2.31. The summed E-state index contributed by atoms with van der Waals surface area (Å²) in [6.07, 6.45) is -1.98. The van der Waals surface area contributed by atoms with Gasteiger partial charge in [-0.05, 0) is 30.2 Å². The Morgan fingerprint density at radius 2 is 1.91 bits per heavy atom. The van der Waals surface area contributed by atoms with Gasteiger partial charge in [-0.3, -0.25) is 14.7 Å². The molecule has 3 heterocycles. The molecule has 0 spiro atoms. The summed E-state index contributed by atoms with van der Waals surface area (Å²) >= 11 is 0. The van der Waals surface area contributed by atoms with Gasteiger partial charge in [0, 0.05) is 11.9 Å². The first-order valence-electron chi connectivity index (χ1n) is 10.4. The molecular weight excluding hydrogens is 435 g/mol. The van der Waals surface area contributed by atoms with E-state index in [-0.39, 0.29) is 30.7 Å². The van der Waals surface area contributed by atoms with Crippen LogP contribution in [0.1, 0.15) is 19.5 Å². The number of benzene rings is 1. The number of halogens is 3. The Kier molecular flexibility index (Phi) is 5.92. The molecule has 7 nitrogen and oxygen atoms in total. The molecule has 1 aliphatic rings. The Morgan fingerprint density at radius 1 is 1.15 bits per heavy atom. The lowest BCUT2D eigenvalue weighted by Crippen LogP contribution is -2.42. The second-order valence-corrected chi connectivity index (χ2v) is 8.20. The van der Waals surface area contributed by atoms with Crippen molar-refractivity contribution in [2.75, 3.05) is 23.3 Å². The van der Waals surface area contributed by atoms with E-state index >= 15 is 0 Å². The molecule has 1 aliphatic heterocycles. The number of alkyl halides is 3. The average Bonchev–Trinajstić information content (AvgIpc) is 3.09. The molecule has 1 atom stereocenters. The molecule has 4 rings (SSSR count). The predicted octanol–water partition coefficient (Wildman–Crippen LogP) is 4.55. The monoisotopic (exact) mass is 457 g/mol. The summed E-state index contributed by atoms with van der Waals surface area (Å²) in [5.41, 5.74) is 0.528. The molecule has 2 aromatic heterocycles. The summed E-state index contributed by atoms with van der Waals surface area (Å²) in [5, 5.41) is 3.64. The normalized spacial score (nSPS) is 16.7. The molecule has 10 heteroatoms. The number of amides is 3. The predicted molar refractivity (Wildman–Crippen MR) is 118 cm³/mol. The van der Waals surface area contributed by atoms with Crippen LogP contribution >= 0.6 is 0 Å². The van der Waals surface area contributed by atoms with E-state index in [1.165, 1.54) is 15.9 Å². The van der Waals surface area contributed by atoms with Gasteiger partial charge in [0.05, 0.1) is 35.3 Å². The highest BCUT2D eigenvalue weighted by atomic mass is 19.4. The van der Waals surface area contributed by atoms with Crippen LogP contribution in [0.2, 0.25) is 0 Å². The van der Waals surface area contributed by atoms with Gasteiger partial charge in [0.1, 0.15) is 12.2 Å². The summed E-state index contributed by atoms with van der Waals surface area (Å²) in [7, 11) is 0. The fourth-order valence-corrected chi connectivity index (χ4v) is 3.84. The van der Waals surface area contributed by atoms with Crippen LogP contribution in [0.25, 0.3) is 10.9 Å². The maximum Gasteiger partial charge on any atom is 0.433 e. The Hall–Kier alpha value is -3.69. The molecule has 0 saturated carbocycles. The van der Waals surface area contributed by atoms with Crippen LogP contribution in [-0.2, 0) is 11.0 Å². The number of carbonyl (C=O) groups excluding carboxylic acids is 2. The minimum Gasteiger partial charge on any atom is -0.323 e. The van der Waals surface area contributed by atoms with Crippen molar-refractivity contribution in [2.24, 2.45) is 5.92 Å². The summed E-state index contributed by atoms with van der Waals surface area (Å²) in [4.78, 5) is 36.3. The van der Waals surface area contributed by atoms with Gasteiger partial charge >= 0.3 is 12.2 Å². The number of hydrogen-bond acceptors (Lipinski definition) is 4. The van der Waals surface area contributed by atoms with E-state index < -0.39 is 23.8 Å². The van der Waals surface area contributed by atoms with Gasteiger partial charge in [-0.15, -0.1) is 0 Å². The number of rotatable bonds is 5. The van der Waals surface area contributed by atoms with Gasteiger partial charge < -0.3 is 10.2 Å². The molecule has 1 aromatic carbocycles. The zero-order chi connectivity index (χ0) is 23.8. The van der Waals surface area contributed by atoms with E-state index in [2.05, 4.69) is 15.3 Å². The van der Waals surface area contributed by atoms with Crippen LogP contribution < -0.4 is 10.2 Å². The highest BCUT2D eigenvalue weighted by Gasteiger charge is 2.41. The van der Waals surface area contributed by atoms with Crippen LogP contribution in [0.3, 0.4) is 0 Å². The topological polar surface area (TPSA) is 78.4 Å². The van der Waals surface area contributed by atoms with Crippen molar-refractivity contribution < 1.29 is 22.8 Å². The van der Waals surface area contributed by atoms with E-state index in [9.17, 15) is 22.8 Å². The molecule has 172 valence electrons. The molecular formula is C23H22F3N5O2. The largest absolute Gasteiger partial charge is 0.433 e. The van der Waals surface area contributed by atoms with Crippen LogP contribution in [0, 0.1) is 5.92 Å². The Balaban J connectivity index is 1.49. The fraction of sp³-hybridized carbons (Fsp3) is 0.304.